The molecule has 5 rings (SSSR count). The lowest BCUT2D eigenvalue weighted by molar-refractivity contribution is -0.134. The van der Waals surface area contributed by atoms with Gasteiger partial charge in [-0.3, -0.25) is 9.59 Å². The van der Waals surface area contributed by atoms with Crippen LogP contribution in [0.2, 0.25) is 0 Å². The third-order valence-corrected chi connectivity index (χ3v) is 7.51. The molecule has 2 heterocycles. The van der Waals surface area contributed by atoms with E-state index in [1.165, 1.54) is 4.90 Å². The third-order valence-electron chi connectivity index (χ3n) is 7.51. The molecule has 2 aliphatic heterocycles. The fourth-order valence-electron chi connectivity index (χ4n) is 5.38. The molecule has 3 amide bonds. The van der Waals surface area contributed by atoms with Gasteiger partial charge in [-0.05, 0) is 29.5 Å². The van der Waals surface area contributed by atoms with Crippen molar-refractivity contribution >= 4 is 23.6 Å². The number of hydrogen-bond donors (Lipinski definition) is 2. The molecule has 1 aliphatic carbocycles. The molecule has 1 saturated carbocycles. The zero-order chi connectivity index (χ0) is 24.4. The van der Waals surface area contributed by atoms with E-state index < -0.39 is 23.6 Å². The Kier molecular flexibility index (Phi) is 6.16. The molecule has 3 aliphatic rings. The van der Waals surface area contributed by atoms with E-state index in [0.717, 1.165) is 36.1 Å². The smallest absolute Gasteiger partial charge is 0.408 e. The molecule has 1 unspecified atom stereocenters. The Morgan fingerprint density at radius 1 is 1.17 bits per heavy atom. The number of benzene rings is 2. The van der Waals surface area contributed by atoms with E-state index in [2.05, 4.69) is 16.7 Å². The average molecular weight is 473 g/mol. The fraction of sp³-hybridized carbons (Fsp3) is 0.407. The highest BCUT2D eigenvalue weighted by Gasteiger charge is 2.56. The molecule has 0 aromatic heterocycles. The van der Waals surface area contributed by atoms with E-state index in [1.54, 1.807) is 0 Å². The summed E-state index contributed by atoms with van der Waals surface area (Å²) >= 11 is 0. The Hall–Kier alpha value is -3.86. The monoisotopic (exact) mass is 472 g/mol. The van der Waals surface area contributed by atoms with E-state index in [-0.39, 0.29) is 31.4 Å². The maximum Gasteiger partial charge on any atom is 0.408 e. The van der Waals surface area contributed by atoms with Gasteiger partial charge in [-0.15, -0.1) is 0 Å². The topological polar surface area (TPSA) is 112 Å². The summed E-state index contributed by atoms with van der Waals surface area (Å²) in [7, 11) is 0. The first-order chi connectivity index (χ1) is 17.0. The van der Waals surface area contributed by atoms with Crippen molar-refractivity contribution in [3.8, 4) is 6.07 Å². The van der Waals surface area contributed by atoms with Gasteiger partial charge in [0.05, 0.1) is 11.5 Å². The third kappa shape index (κ3) is 4.34. The maximum atomic E-state index is 13.7. The van der Waals surface area contributed by atoms with E-state index in [1.807, 2.05) is 54.6 Å². The van der Waals surface area contributed by atoms with Crippen LogP contribution in [0.3, 0.4) is 0 Å². The minimum Gasteiger partial charge on any atom is -0.445 e. The van der Waals surface area contributed by atoms with Crippen molar-refractivity contribution in [2.45, 2.75) is 56.2 Å². The number of hydrogen-bond acceptors (Lipinski definition) is 5. The van der Waals surface area contributed by atoms with Crippen molar-refractivity contribution in [3.05, 3.63) is 65.7 Å². The number of alkyl carbamates (subject to hydrolysis) is 1. The van der Waals surface area contributed by atoms with Crippen LogP contribution in [0, 0.1) is 17.2 Å². The summed E-state index contributed by atoms with van der Waals surface area (Å²) in [5, 5.41) is 15.5. The lowest BCUT2D eigenvalue weighted by Gasteiger charge is -2.32. The van der Waals surface area contributed by atoms with Gasteiger partial charge in [-0.2, -0.15) is 5.26 Å². The van der Waals surface area contributed by atoms with Crippen LogP contribution in [0.5, 0.6) is 0 Å². The zero-order valence-corrected chi connectivity index (χ0v) is 19.4. The van der Waals surface area contributed by atoms with Crippen LogP contribution < -0.4 is 10.6 Å². The first kappa shape index (κ1) is 22.9. The molecule has 1 spiro atoms. The Bertz CT molecular complexity index is 1170. The molecule has 2 fully saturated rings. The number of fused-ring (bicyclic) bond motifs is 2. The molecule has 2 aromatic rings. The highest BCUT2D eigenvalue weighted by molar-refractivity contribution is 6.07. The molecule has 3 atom stereocenters. The molecule has 2 aromatic carbocycles. The number of ether oxygens (including phenoxy) is 1. The number of carbonyl (C=O) groups is 3. The number of nitrogens with one attached hydrogen (secondary N) is 2. The quantitative estimate of drug-likeness (QED) is 0.669. The number of para-hydroxylation sites is 1. The number of nitriles is 1. The van der Waals surface area contributed by atoms with Gasteiger partial charge in [0.15, 0.2) is 0 Å². The van der Waals surface area contributed by atoms with Crippen molar-refractivity contribution in [2.75, 3.05) is 11.9 Å². The Balaban J connectivity index is 1.33. The summed E-state index contributed by atoms with van der Waals surface area (Å²) in [5.74, 6) is -0.194. The standard InChI is InChI=1S/C27H28N4O4/c28-15-20-14-27(21-11-4-5-12-22(21)29-25(27)33)17-31(20)24(32)23(13-18-9-6-10-18)30-26(34)35-16-19-7-2-1-3-8-19/h1-5,7-8,11-12,18,20,23H,6,9-10,13-14,16-17H2,(H,29,33)(H,30,34)/t20-,23?,27-/m0/s1. The SMILES string of the molecule is N#C[C@@H]1C[C@@]2(CN1C(=O)C(CC1CCC1)NC(=O)OCc1ccccc1)C(=O)Nc1ccccc12. The minimum atomic E-state index is -0.957. The first-order valence-electron chi connectivity index (χ1n) is 12.1. The van der Waals surface area contributed by atoms with Crippen LogP contribution in [0.4, 0.5) is 10.5 Å². The second-order valence-electron chi connectivity index (χ2n) is 9.69. The molecule has 8 nitrogen and oxygen atoms in total. The second kappa shape index (κ2) is 9.41. The predicted octanol–water partition coefficient (Wildman–Crippen LogP) is 3.49. The van der Waals surface area contributed by atoms with Gasteiger partial charge in [0, 0.05) is 18.7 Å². The van der Waals surface area contributed by atoms with Crippen LogP contribution in [-0.4, -0.2) is 41.4 Å². The average Bonchev–Trinajstić information content (AvgIpc) is 3.37. The first-order valence-corrected chi connectivity index (χ1v) is 12.1. The van der Waals surface area contributed by atoms with Crippen LogP contribution in [-0.2, 0) is 26.3 Å². The van der Waals surface area contributed by atoms with Crippen molar-refractivity contribution in [1.29, 1.82) is 5.26 Å². The Labute approximate surface area is 204 Å². The Morgan fingerprint density at radius 2 is 1.91 bits per heavy atom. The number of nitrogens with zero attached hydrogens (tertiary/aromatic N) is 2. The summed E-state index contributed by atoms with van der Waals surface area (Å²) in [6, 6.07) is 17.4. The van der Waals surface area contributed by atoms with Crippen LogP contribution in [0.15, 0.2) is 54.6 Å². The van der Waals surface area contributed by atoms with Crippen molar-refractivity contribution in [3.63, 3.8) is 0 Å². The van der Waals surface area contributed by atoms with Gasteiger partial charge in [-0.1, -0.05) is 67.8 Å². The number of amides is 3. The van der Waals surface area contributed by atoms with Gasteiger partial charge < -0.3 is 20.3 Å². The summed E-state index contributed by atoms with van der Waals surface area (Å²) < 4.78 is 5.36. The van der Waals surface area contributed by atoms with Gasteiger partial charge in [0.2, 0.25) is 11.8 Å². The molecule has 180 valence electrons. The minimum absolute atomic E-state index is 0.0988. The summed E-state index contributed by atoms with van der Waals surface area (Å²) in [6.07, 6.45) is 3.17. The molecule has 2 N–H and O–H groups in total. The summed E-state index contributed by atoms with van der Waals surface area (Å²) in [4.78, 5) is 40.9. The molecule has 0 radical (unpaired) electrons. The van der Waals surface area contributed by atoms with Gasteiger partial charge in [0.1, 0.15) is 18.7 Å². The van der Waals surface area contributed by atoms with Crippen molar-refractivity contribution < 1.29 is 19.1 Å². The molecule has 35 heavy (non-hydrogen) atoms. The fourth-order valence-corrected chi connectivity index (χ4v) is 5.38. The molecule has 8 heteroatoms. The number of anilines is 1. The van der Waals surface area contributed by atoms with Gasteiger partial charge in [-0.25, -0.2) is 4.79 Å². The number of rotatable bonds is 6. The highest BCUT2D eigenvalue weighted by Crippen LogP contribution is 2.46. The van der Waals surface area contributed by atoms with Crippen LogP contribution in [0.25, 0.3) is 0 Å². The van der Waals surface area contributed by atoms with Gasteiger partial charge in [0.25, 0.3) is 0 Å². The zero-order valence-electron chi connectivity index (χ0n) is 19.4. The number of carbonyl (C=O) groups excluding carboxylic acids is 3. The van der Waals surface area contributed by atoms with Crippen LogP contribution in [0.1, 0.15) is 43.2 Å². The normalized spacial score (nSPS) is 23.7. The van der Waals surface area contributed by atoms with Crippen LogP contribution >= 0.6 is 0 Å². The van der Waals surface area contributed by atoms with Crippen molar-refractivity contribution in [2.24, 2.45) is 5.92 Å². The maximum absolute atomic E-state index is 13.7. The van der Waals surface area contributed by atoms with Gasteiger partial charge >= 0.3 is 6.09 Å². The highest BCUT2D eigenvalue weighted by atomic mass is 16.5. The van der Waals surface area contributed by atoms with E-state index in [0.29, 0.717) is 12.3 Å². The van der Waals surface area contributed by atoms with E-state index >= 15 is 0 Å². The Morgan fingerprint density at radius 3 is 2.63 bits per heavy atom. The lowest BCUT2D eigenvalue weighted by Crippen LogP contribution is -2.52. The van der Waals surface area contributed by atoms with Crippen molar-refractivity contribution in [1.82, 2.24) is 10.2 Å². The summed E-state index contributed by atoms with van der Waals surface area (Å²) in [5.41, 5.74) is 1.42. The molecule has 0 bridgehead atoms. The predicted molar refractivity (Wildman–Crippen MR) is 128 cm³/mol. The molecular formula is C27H28N4O4. The second-order valence-corrected chi connectivity index (χ2v) is 9.69. The number of likely N-dealkylation sites (tertiary alicyclic amines) is 1. The molecule has 1 saturated heterocycles. The van der Waals surface area contributed by atoms with E-state index in [9.17, 15) is 19.6 Å². The van der Waals surface area contributed by atoms with E-state index in [4.69, 9.17) is 4.74 Å². The largest absolute Gasteiger partial charge is 0.445 e. The summed E-state index contributed by atoms with van der Waals surface area (Å²) in [6.45, 7) is 0.205. The molecular weight excluding hydrogens is 444 g/mol. The lowest BCUT2D eigenvalue weighted by atomic mass is 9.79.